The van der Waals surface area contributed by atoms with Crippen molar-refractivity contribution in [1.82, 2.24) is 14.5 Å². The molecule has 1 heterocycles. The highest BCUT2D eigenvalue weighted by atomic mass is 32.2. The Kier molecular flexibility index (Phi) is 4.89. The molecule has 0 saturated carbocycles. The van der Waals surface area contributed by atoms with Crippen LogP contribution >= 0.6 is 0 Å². The Bertz CT molecular complexity index is 508. The first-order valence-electron chi connectivity index (χ1n) is 5.93. The number of aromatic nitrogens is 2. The number of nitrogens with one attached hydrogen (secondary N) is 1. The maximum atomic E-state index is 12.2. The average Bonchev–Trinajstić information content (AvgIpc) is 2.49. The number of aliphatic hydroxyl groups is 1. The molecule has 0 aromatic carbocycles. The van der Waals surface area contributed by atoms with E-state index < -0.39 is 10.0 Å². The number of aliphatic hydroxyl groups excluding tert-OH is 1. The third-order valence-corrected chi connectivity index (χ3v) is 4.70. The molecule has 1 rings (SSSR count). The third kappa shape index (κ3) is 3.30. The van der Waals surface area contributed by atoms with Crippen molar-refractivity contribution in [2.24, 2.45) is 7.05 Å². The van der Waals surface area contributed by atoms with Gasteiger partial charge in [0.25, 0.3) is 0 Å². The van der Waals surface area contributed by atoms with Crippen molar-refractivity contribution in [1.29, 1.82) is 0 Å². The molecule has 0 fully saturated rings. The van der Waals surface area contributed by atoms with Gasteiger partial charge in [-0.05, 0) is 33.6 Å². The molecule has 0 saturated heterocycles. The Balaban J connectivity index is 2.93. The summed E-state index contributed by atoms with van der Waals surface area (Å²) in [4.78, 5) is 0.251. The molecule has 2 N–H and O–H groups in total. The van der Waals surface area contributed by atoms with Gasteiger partial charge in [0.2, 0.25) is 10.0 Å². The van der Waals surface area contributed by atoms with Crippen LogP contribution < -0.4 is 4.72 Å². The van der Waals surface area contributed by atoms with Gasteiger partial charge >= 0.3 is 0 Å². The number of rotatable bonds is 6. The van der Waals surface area contributed by atoms with Crippen LogP contribution in [0.3, 0.4) is 0 Å². The van der Waals surface area contributed by atoms with E-state index in [9.17, 15) is 8.42 Å². The van der Waals surface area contributed by atoms with Gasteiger partial charge in [-0.2, -0.15) is 5.10 Å². The predicted molar refractivity (Wildman–Crippen MR) is 68.8 cm³/mol. The zero-order valence-corrected chi connectivity index (χ0v) is 12.1. The molecule has 104 valence electrons. The van der Waals surface area contributed by atoms with Crippen LogP contribution in [0, 0.1) is 13.8 Å². The fourth-order valence-electron chi connectivity index (χ4n) is 1.92. The maximum absolute atomic E-state index is 12.2. The first-order valence-corrected chi connectivity index (χ1v) is 7.41. The maximum Gasteiger partial charge on any atom is 0.244 e. The Hall–Kier alpha value is -0.920. The topological polar surface area (TPSA) is 84.2 Å². The molecule has 0 radical (unpaired) electrons. The highest BCUT2D eigenvalue weighted by molar-refractivity contribution is 7.89. The normalized spacial score (nSPS) is 13.8. The van der Waals surface area contributed by atoms with Crippen LogP contribution in [0.5, 0.6) is 0 Å². The Morgan fingerprint density at radius 3 is 2.50 bits per heavy atom. The zero-order valence-electron chi connectivity index (χ0n) is 11.3. The lowest BCUT2D eigenvalue weighted by molar-refractivity contribution is 0.279. The highest BCUT2D eigenvalue weighted by Gasteiger charge is 2.25. The first kappa shape index (κ1) is 15.1. The standard InChI is InChI=1S/C11H21N3O3S/c1-8(6-5-7-15)13-18(16,17)11-9(2)12-14(4)10(11)3/h8,13,15H,5-7H2,1-4H3. The largest absolute Gasteiger partial charge is 0.396 e. The summed E-state index contributed by atoms with van der Waals surface area (Å²) in [6, 6.07) is -0.207. The lowest BCUT2D eigenvalue weighted by atomic mass is 10.2. The third-order valence-electron chi connectivity index (χ3n) is 2.86. The lowest BCUT2D eigenvalue weighted by Crippen LogP contribution is -2.33. The molecule has 0 aliphatic carbocycles. The predicted octanol–water partition coefficient (Wildman–Crippen LogP) is 0.476. The van der Waals surface area contributed by atoms with Crippen LogP contribution in [0.25, 0.3) is 0 Å². The highest BCUT2D eigenvalue weighted by Crippen LogP contribution is 2.19. The van der Waals surface area contributed by atoms with E-state index in [1.54, 1.807) is 32.5 Å². The number of nitrogens with zero attached hydrogens (tertiary/aromatic N) is 2. The minimum Gasteiger partial charge on any atom is -0.396 e. The minimum absolute atomic E-state index is 0.0665. The van der Waals surface area contributed by atoms with Crippen LogP contribution in [0.4, 0.5) is 0 Å². The van der Waals surface area contributed by atoms with E-state index in [0.29, 0.717) is 24.2 Å². The van der Waals surface area contributed by atoms with Gasteiger partial charge in [-0.25, -0.2) is 13.1 Å². The van der Waals surface area contributed by atoms with Crippen LogP contribution in [0.2, 0.25) is 0 Å². The number of aryl methyl sites for hydroxylation is 2. The summed E-state index contributed by atoms with van der Waals surface area (Å²) in [5.41, 5.74) is 1.12. The molecule has 18 heavy (non-hydrogen) atoms. The second kappa shape index (κ2) is 5.81. The second-order valence-electron chi connectivity index (χ2n) is 4.51. The van der Waals surface area contributed by atoms with Crippen molar-refractivity contribution < 1.29 is 13.5 Å². The van der Waals surface area contributed by atoms with Gasteiger partial charge in [0.15, 0.2) is 0 Å². The van der Waals surface area contributed by atoms with E-state index in [2.05, 4.69) is 9.82 Å². The Morgan fingerprint density at radius 2 is 2.06 bits per heavy atom. The first-order chi connectivity index (χ1) is 8.29. The molecule has 1 unspecified atom stereocenters. The van der Waals surface area contributed by atoms with Crippen LogP contribution in [-0.4, -0.2) is 36.0 Å². The summed E-state index contributed by atoms with van der Waals surface area (Å²) in [6.07, 6.45) is 1.18. The van der Waals surface area contributed by atoms with Crippen molar-refractivity contribution in [2.45, 2.75) is 44.6 Å². The van der Waals surface area contributed by atoms with E-state index in [1.165, 1.54) is 0 Å². The zero-order chi connectivity index (χ0) is 13.9. The van der Waals surface area contributed by atoms with Crippen molar-refractivity contribution in [3.63, 3.8) is 0 Å². The van der Waals surface area contributed by atoms with Gasteiger partial charge in [-0.1, -0.05) is 0 Å². The SMILES string of the molecule is Cc1nn(C)c(C)c1S(=O)(=O)NC(C)CCCO. The molecular weight excluding hydrogens is 254 g/mol. The molecule has 0 bridgehead atoms. The molecule has 0 aliphatic heterocycles. The summed E-state index contributed by atoms with van der Waals surface area (Å²) >= 11 is 0. The van der Waals surface area contributed by atoms with Crippen LogP contribution in [-0.2, 0) is 17.1 Å². The van der Waals surface area contributed by atoms with Gasteiger partial charge in [0.05, 0.1) is 11.4 Å². The lowest BCUT2D eigenvalue weighted by Gasteiger charge is -2.13. The fourth-order valence-corrected chi connectivity index (χ4v) is 3.64. The van der Waals surface area contributed by atoms with Gasteiger partial charge in [-0.3, -0.25) is 4.68 Å². The molecule has 0 spiro atoms. The second-order valence-corrected chi connectivity index (χ2v) is 6.16. The van der Waals surface area contributed by atoms with Gasteiger partial charge < -0.3 is 5.11 Å². The molecule has 7 heteroatoms. The van der Waals surface area contributed by atoms with Gasteiger partial charge in [-0.15, -0.1) is 0 Å². The number of hydrogen-bond acceptors (Lipinski definition) is 4. The van der Waals surface area contributed by atoms with E-state index in [4.69, 9.17) is 5.11 Å². The molecule has 0 amide bonds. The smallest absolute Gasteiger partial charge is 0.244 e. The van der Waals surface area contributed by atoms with Crippen molar-refractivity contribution >= 4 is 10.0 Å². The van der Waals surface area contributed by atoms with Gasteiger partial charge in [0.1, 0.15) is 4.90 Å². The van der Waals surface area contributed by atoms with Crippen LogP contribution in [0.1, 0.15) is 31.2 Å². The van der Waals surface area contributed by atoms with Crippen molar-refractivity contribution in [3.8, 4) is 0 Å². The van der Waals surface area contributed by atoms with Crippen molar-refractivity contribution in [2.75, 3.05) is 6.61 Å². The summed E-state index contributed by atoms with van der Waals surface area (Å²) in [6.45, 7) is 5.26. The van der Waals surface area contributed by atoms with E-state index in [1.807, 2.05) is 0 Å². The monoisotopic (exact) mass is 275 g/mol. The van der Waals surface area contributed by atoms with E-state index in [-0.39, 0.29) is 17.5 Å². The Labute approximate surface area is 108 Å². The Morgan fingerprint density at radius 1 is 1.44 bits per heavy atom. The molecule has 1 aromatic rings. The van der Waals surface area contributed by atoms with E-state index in [0.717, 1.165) is 0 Å². The average molecular weight is 275 g/mol. The fraction of sp³-hybridized carbons (Fsp3) is 0.727. The van der Waals surface area contributed by atoms with E-state index >= 15 is 0 Å². The number of hydrogen-bond donors (Lipinski definition) is 2. The summed E-state index contributed by atoms with van der Waals surface area (Å²) in [5.74, 6) is 0. The molecule has 6 nitrogen and oxygen atoms in total. The molecule has 1 aromatic heterocycles. The summed E-state index contributed by atoms with van der Waals surface area (Å²) in [7, 11) is -1.83. The number of sulfonamides is 1. The molecule has 1 atom stereocenters. The summed E-state index contributed by atoms with van der Waals surface area (Å²) in [5, 5.41) is 12.8. The summed E-state index contributed by atoms with van der Waals surface area (Å²) < 4.78 is 28.6. The molecular formula is C11H21N3O3S. The minimum atomic E-state index is -3.55. The van der Waals surface area contributed by atoms with Gasteiger partial charge in [0, 0.05) is 19.7 Å². The van der Waals surface area contributed by atoms with Crippen LogP contribution in [0.15, 0.2) is 4.90 Å². The quantitative estimate of drug-likeness (QED) is 0.790. The van der Waals surface area contributed by atoms with Crippen molar-refractivity contribution in [3.05, 3.63) is 11.4 Å². The molecule has 0 aliphatic rings.